The SMILES string of the molecule is Cc1nn2c(C)cc(-c3ccccc3C(F)(F)F)nc2c1C(=O)Nc1cnccn1. The molecular formula is C20H15F3N6O. The van der Waals surface area contributed by atoms with E-state index < -0.39 is 17.6 Å². The molecule has 3 aromatic heterocycles. The lowest BCUT2D eigenvalue weighted by molar-refractivity contribution is -0.137. The Balaban J connectivity index is 1.87. The zero-order valence-electron chi connectivity index (χ0n) is 15.9. The summed E-state index contributed by atoms with van der Waals surface area (Å²) in [4.78, 5) is 25.1. The van der Waals surface area contributed by atoms with Crippen molar-refractivity contribution in [3.63, 3.8) is 0 Å². The molecule has 0 spiro atoms. The summed E-state index contributed by atoms with van der Waals surface area (Å²) in [6.45, 7) is 3.31. The third-order valence-corrected chi connectivity index (χ3v) is 4.48. The Morgan fingerprint density at radius 2 is 1.90 bits per heavy atom. The number of carbonyl (C=O) groups is 1. The van der Waals surface area contributed by atoms with Gasteiger partial charge in [-0.3, -0.25) is 9.78 Å². The minimum absolute atomic E-state index is 0.0743. The van der Waals surface area contributed by atoms with E-state index >= 15 is 0 Å². The van der Waals surface area contributed by atoms with E-state index in [-0.39, 0.29) is 28.3 Å². The Morgan fingerprint density at radius 3 is 2.60 bits per heavy atom. The van der Waals surface area contributed by atoms with Crippen molar-refractivity contribution in [1.82, 2.24) is 24.6 Å². The van der Waals surface area contributed by atoms with Crippen LogP contribution in [0.25, 0.3) is 16.9 Å². The maximum absolute atomic E-state index is 13.5. The van der Waals surface area contributed by atoms with Crippen molar-refractivity contribution in [1.29, 1.82) is 0 Å². The molecule has 30 heavy (non-hydrogen) atoms. The topological polar surface area (TPSA) is 85.1 Å². The van der Waals surface area contributed by atoms with E-state index in [9.17, 15) is 18.0 Å². The van der Waals surface area contributed by atoms with E-state index in [1.54, 1.807) is 13.8 Å². The summed E-state index contributed by atoms with van der Waals surface area (Å²) in [6.07, 6.45) is -0.276. The summed E-state index contributed by atoms with van der Waals surface area (Å²) in [5, 5.41) is 6.92. The van der Waals surface area contributed by atoms with Crippen LogP contribution in [0, 0.1) is 13.8 Å². The number of carbonyl (C=O) groups excluding carboxylic acids is 1. The molecule has 0 aliphatic heterocycles. The van der Waals surface area contributed by atoms with Gasteiger partial charge in [-0.2, -0.15) is 18.3 Å². The van der Waals surface area contributed by atoms with Gasteiger partial charge in [0.2, 0.25) is 0 Å². The second kappa shape index (κ2) is 7.21. The van der Waals surface area contributed by atoms with Crippen LogP contribution in [-0.4, -0.2) is 30.5 Å². The largest absolute Gasteiger partial charge is 0.417 e. The van der Waals surface area contributed by atoms with Gasteiger partial charge in [-0.15, -0.1) is 0 Å². The molecule has 0 atom stereocenters. The number of amides is 1. The molecule has 0 fully saturated rings. The number of anilines is 1. The maximum Gasteiger partial charge on any atom is 0.417 e. The van der Waals surface area contributed by atoms with Crippen molar-refractivity contribution in [2.75, 3.05) is 5.32 Å². The molecule has 1 amide bonds. The lowest BCUT2D eigenvalue weighted by Gasteiger charge is -2.13. The Morgan fingerprint density at radius 1 is 1.13 bits per heavy atom. The van der Waals surface area contributed by atoms with Gasteiger partial charge in [-0.05, 0) is 26.0 Å². The van der Waals surface area contributed by atoms with Gasteiger partial charge in [-0.25, -0.2) is 14.5 Å². The minimum Gasteiger partial charge on any atom is -0.305 e. The predicted molar refractivity (Wildman–Crippen MR) is 103 cm³/mol. The number of hydrogen-bond donors (Lipinski definition) is 1. The quantitative estimate of drug-likeness (QED) is 0.548. The van der Waals surface area contributed by atoms with Crippen molar-refractivity contribution in [3.8, 4) is 11.3 Å². The van der Waals surface area contributed by atoms with Crippen molar-refractivity contribution in [2.24, 2.45) is 0 Å². The molecule has 1 N–H and O–H groups in total. The number of benzene rings is 1. The molecule has 152 valence electrons. The smallest absolute Gasteiger partial charge is 0.305 e. The van der Waals surface area contributed by atoms with Gasteiger partial charge in [0.15, 0.2) is 11.5 Å². The van der Waals surface area contributed by atoms with E-state index in [0.29, 0.717) is 11.4 Å². The van der Waals surface area contributed by atoms with Crippen LogP contribution < -0.4 is 5.32 Å². The first-order valence-electron chi connectivity index (χ1n) is 8.86. The van der Waals surface area contributed by atoms with Gasteiger partial charge in [0, 0.05) is 23.7 Å². The van der Waals surface area contributed by atoms with Gasteiger partial charge in [0.1, 0.15) is 5.56 Å². The van der Waals surface area contributed by atoms with Gasteiger partial charge in [-0.1, -0.05) is 18.2 Å². The fourth-order valence-corrected chi connectivity index (χ4v) is 3.17. The lowest BCUT2D eigenvalue weighted by atomic mass is 10.0. The van der Waals surface area contributed by atoms with Crippen LogP contribution >= 0.6 is 0 Å². The molecule has 0 unspecified atom stereocenters. The number of rotatable bonds is 3. The Hall–Kier alpha value is -3.82. The molecule has 10 heteroatoms. The minimum atomic E-state index is -4.54. The summed E-state index contributed by atoms with van der Waals surface area (Å²) in [5.41, 5.74) is 0.442. The maximum atomic E-state index is 13.5. The van der Waals surface area contributed by atoms with Gasteiger partial charge < -0.3 is 5.32 Å². The van der Waals surface area contributed by atoms with E-state index in [1.165, 1.54) is 47.4 Å². The molecule has 0 saturated carbocycles. The van der Waals surface area contributed by atoms with E-state index in [1.807, 2.05) is 0 Å². The fourth-order valence-electron chi connectivity index (χ4n) is 3.17. The highest BCUT2D eigenvalue weighted by Crippen LogP contribution is 2.36. The van der Waals surface area contributed by atoms with Crippen molar-refractivity contribution >= 4 is 17.4 Å². The molecule has 0 aliphatic rings. The first kappa shape index (κ1) is 19.5. The normalized spacial score (nSPS) is 11.6. The van der Waals surface area contributed by atoms with Crippen LogP contribution in [0.1, 0.15) is 27.3 Å². The van der Waals surface area contributed by atoms with Crippen molar-refractivity contribution in [2.45, 2.75) is 20.0 Å². The molecule has 0 aliphatic carbocycles. The first-order chi connectivity index (χ1) is 14.3. The number of hydrogen-bond acceptors (Lipinski definition) is 5. The van der Waals surface area contributed by atoms with Crippen LogP contribution in [0.2, 0.25) is 0 Å². The number of alkyl halides is 3. The number of nitrogens with one attached hydrogen (secondary N) is 1. The average Bonchev–Trinajstić information content (AvgIpc) is 3.04. The van der Waals surface area contributed by atoms with Crippen LogP contribution in [-0.2, 0) is 6.18 Å². The van der Waals surface area contributed by atoms with Gasteiger partial charge in [0.05, 0.1) is 23.1 Å². The summed E-state index contributed by atoms with van der Waals surface area (Å²) >= 11 is 0. The van der Waals surface area contributed by atoms with Crippen LogP contribution in [0.15, 0.2) is 48.9 Å². The molecule has 0 bridgehead atoms. The predicted octanol–water partition coefficient (Wildman–Crippen LogP) is 4.07. The highest BCUT2D eigenvalue weighted by Gasteiger charge is 2.34. The van der Waals surface area contributed by atoms with Crippen LogP contribution in [0.3, 0.4) is 0 Å². The zero-order chi connectivity index (χ0) is 21.5. The van der Waals surface area contributed by atoms with E-state index in [0.717, 1.165) is 6.07 Å². The number of aryl methyl sites for hydroxylation is 2. The van der Waals surface area contributed by atoms with Crippen molar-refractivity contribution < 1.29 is 18.0 Å². The summed E-state index contributed by atoms with van der Waals surface area (Å²) in [5.74, 6) is -0.298. The third kappa shape index (κ3) is 3.47. The first-order valence-corrected chi connectivity index (χ1v) is 8.86. The highest BCUT2D eigenvalue weighted by atomic mass is 19.4. The Kier molecular flexibility index (Phi) is 4.69. The van der Waals surface area contributed by atoms with E-state index in [2.05, 4.69) is 25.4 Å². The summed E-state index contributed by atoms with van der Waals surface area (Å²) < 4.78 is 41.9. The Bertz CT molecular complexity index is 1250. The van der Waals surface area contributed by atoms with Crippen LogP contribution in [0.5, 0.6) is 0 Å². The summed E-state index contributed by atoms with van der Waals surface area (Å²) in [7, 11) is 0. The molecule has 4 aromatic rings. The molecular weight excluding hydrogens is 397 g/mol. The molecule has 3 heterocycles. The standard InChI is InChI=1S/C20H15F3N6O/c1-11-9-15(13-5-3-4-6-14(13)20(21,22)23)26-18-17(12(2)28-29(11)18)19(30)27-16-10-24-7-8-25-16/h3-10H,1-2H3,(H,25,27,30). The third-order valence-electron chi connectivity index (χ3n) is 4.48. The monoisotopic (exact) mass is 412 g/mol. The molecule has 0 radical (unpaired) electrons. The zero-order valence-corrected chi connectivity index (χ0v) is 15.9. The van der Waals surface area contributed by atoms with Gasteiger partial charge in [0.25, 0.3) is 5.91 Å². The second-order valence-electron chi connectivity index (χ2n) is 6.57. The highest BCUT2D eigenvalue weighted by molar-refractivity contribution is 6.08. The average molecular weight is 412 g/mol. The number of fused-ring (bicyclic) bond motifs is 1. The Labute approximate surface area is 168 Å². The molecule has 7 nitrogen and oxygen atoms in total. The number of halogens is 3. The van der Waals surface area contributed by atoms with Crippen molar-refractivity contribution in [3.05, 3.63) is 71.4 Å². The van der Waals surface area contributed by atoms with E-state index in [4.69, 9.17) is 0 Å². The van der Waals surface area contributed by atoms with Gasteiger partial charge >= 0.3 is 6.18 Å². The van der Waals surface area contributed by atoms with Crippen LogP contribution in [0.4, 0.5) is 19.0 Å². The molecule has 1 aromatic carbocycles. The summed E-state index contributed by atoms with van der Waals surface area (Å²) in [6, 6.07) is 6.69. The fraction of sp³-hybridized carbons (Fsp3) is 0.150. The number of aromatic nitrogens is 5. The second-order valence-corrected chi connectivity index (χ2v) is 6.57. The molecule has 0 saturated heterocycles. The lowest BCUT2D eigenvalue weighted by Crippen LogP contribution is -2.14. The molecule has 4 rings (SSSR count). The number of nitrogens with zero attached hydrogens (tertiary/aromatic N) is 5.